The molecule has 0 fully saturated rings. The fourth-order valence-electron chi connectivity index (χ4n) is 4.06. The van der Waals surface area contributed by atoms with Crippen LogP contribution in [0.1, 0.15) is 40.5 Å². The van der Waals surface area contributed by atoms with Crippen LogP contribution in [0.4, 0.5) is 5.69 Å². The standard InChI is InChI=1S/C24H25N3O4/c1-15(27-23(28)16-9-4-5-10-17(16)24(27)29)8-6-12-25-19-14-20(30-2)22(31-3)18-11-7-13-26-21(18)19/h4-5,7,9-11,13-15,25H,6,8,12H2,1-3H3. The Morgan fingerprint density at radius 2 is 1.74 bits per heavy atom. The summed E-state index contributed by atoms with van der Waals surface area (Å²) in [5.41, 5.74) is 2.62. The molecule has 1 aliphatic rings. The number of aromatic nitrogens is 1. The van der Waals surface area contributed by atoms with Gasteiger partial charge in [-0.2, -0.15) is 0 Å². The minimum absolute atomic E-state index is 0.186. The number of carbonyl (C=O) groups excluding carboxylic acids is 2. The third kappa shape index (κ3) is 3.67. The topological polar surface area (TPSA) is 80.8 Å². The number of imide groups is 1. The van der Waals surface area contributed by atoms with Gasteiger partial charge in [0.05, 0.1) is 36.6 Å². The molecule has 160 valence electrons. The van der Waals surface area contributed by atoms with Crippen molar-refractivity contribution < 1.29 is 19.1 Å². The van der Waals surface area contributed by atoms with Crippen molar-refractivity contribution in [3.8, 4) is 11.5 Å². The summed E-state index contributed by atoms with van der Waals surface area (Å²) in [5, 5.41) is 4.28. The van der Waals surface area contributed by atoms with Crippen LogP contribution in [0.15, 0.2) is 48.7 Å². The molecule has 2 aromatic carbocycles. The summed E-state index contributed by atoms with van der Waals surface area (Å²) in [6.07, 6.45) is 3.21. The maximum atomic E-state index is 12.6. The van der Waals surface area contributed by atoms with E-state index in [1.165, 1.54) is 4.90 Å². The largest absolute Gasteiger partial charge is 0.493 e. The molecule has 0 spiro atoms. The van der Waals surface area contributed by atoms with Gasteiger partial charge in [0.25, 0.3) is 11.8 Å². The zero-order valence-corrected chi connectivity index (χ0v) is 17.8. The van der Waals surface area contributed by atoms with E-state index >= 15 is 0 Å². The lowest BCUT2D eigenvalue weighted by Gasteiger charge is -2.22. The van der Waals surface area contributed by atoms with E-state index in [0.717, 1.165) is 23.0 Å². The fraction of sp³-hybridized carbons (Fsp3) is 0.292. The van der Waals surface area contributed by atoms with Crippen molar-refractivity contribution in [2.75, 3.05) is 26.1 Å². The van der Waals surface area contributed by atoms with Gasteiger partial charge in [-0.3, -0.25) is 19.5 Å². The highest BCUT2D eigenvalue weighted by Gasteiger charge is 2.37. The second-order valence-electron chi connectivity index (χ2n) is 7.50. The predicted molar refractivity (Wildman–Crippen MR) is 119 cm³/mol. The van der Waals surface area contributed by atoms with Crippen LogP contribution in [-0.4, -0.2) is 48.5 Å². The van der Waals surface area contributed by atoms with Crippen molar-refractivity contribution in [1.82, 2.24) is 9.88 Å². The van der Waals surface area contributed by atoms with Crippen molar-refractivity contribution >= 4 is 28.4 Å². The second kappa shape index (κ2) is 8.63. The van der Waals surface area contributed by atoms with Gasteiger partial charge in [-0.25, -0.2) is 0 Å². The maximum absolute atomic E-state index is 12.6. The van der Waals surface area contributed by atoms with Crippen LogP contribution < -0.4 is 14.8 Å². The number of pyridine rings is 1. The van der Waals surface area contributed by atoms with Crippen LogP contribution in [-0.2, 0) is 0 Å². The van der Waals surface area contributed by atoms with Crippen molar-refractivity contribution in [3.05, 3.63) is 59.8 Å². The maximum Gasteiger partial charge on any atom is 0.261 e. The molecule has 1 N–H and O–H groups in total. The third-order valence-electron chi connectivity index (χ3n) is 5.61. The Bertz CT molecular complexity index is 1110. The molecule has 2 amide bonds. The van der Waals surface area contributed by atoms with Crippen LogP contribution in [0.2, 0.25) is 0 Å². The molecular weight excluding hydrogens is 394 g/mol. The molecule has 1 unspecified atom stereocenters. The van der Waals surface area contributed by atoms with E-state index < -0.39 is 0 Å². The lowest BCUT2D eigenvalue weighted by molar-refractivity contribution is 0.0589. The van der Waals surface area contributed by atoms with Crippen molar-refractivity contribution in [2.24, 2.45) is 0 Å². The van der Waals surface area contributed by atoms with Crippen LogP contribution in [0, 0.1) is 0 Å². The highest BCUT2D eigenvalue weighted by atomic mass is 16.5. The first-order valence-electron chi connectivity index (χ1n) is 10.3. The molecule has 1 aromatic heterocycles. The van der Waals surface area contributed by atoms with Gasteiger partial charge >= 0.3 is 0 Å². The first-order valence-corrected chi connectivity index (χ1v) is 10.3. The Balaban J connectivity index is 1.42. The Morgan fingerprint density at radius 1 is 1.03 bits per heavy atom. The van der Waals surface area contributed by atoms with E-state index in [1.807, 2.05) is 25.1 Å². The van der Waals surface area contributed by atoms with Gasteiger partial charge < -0.3 is 14.8 Å². The normalized spacial score (nSPS) is 14.0. The molecule has 0 saturated heterocycles. The smallest absolute Gasteiger partial charge is 0.261 e. The van der Waals surface area contributed by atoms with E-state index in [-0.39, 0.29) is 17.9 Å². The number of rotatable bonds is 8. The number of hydrogen-bond acceptors (Lipinski definition) is 6. The third-order valence-corrected chi connectivity index (χ3v) is 5.61. The van der Waals surface area contributed by atoms with Gasteiger partial charge in [0.1, 0.15) is 0 Å². The van der Waals surface area contributed by atoms with Crippen molar-refractivity contribution in [1.29, 1.82) is 0 Å². The summed E-state index contributed by atoms with van der Waals surface area (Å²) in [7, 11) is 3.21. The number of carbonyl (C=O) groups is 2. The van der Waals surface area contributed by atoms with Gasteiger partial charge in [0.2, 0.25) is 0 Å². The Labute approximate surface area is 181 Å². The zero-order chi connectivity index (χ0) is 22.0. The molecule has 4 rings (SSSR count). The molecule has 31 heavy (non-hydrogen) atoms. The summed E-state index contributed by atoms with van der Waals surface area (Å²) >= 11 is 0. The lowest BCUT2D eigenvalue weighted by Crippen LogP contribution is -2.38. The molecule has 1 atom stereocenters. The van der Waals surface area contributed by atoms with Crippen LogP contribution in [0.3, 0.4) is 0 Å². The fourth-order valence-corrected chi connectivity index (χ4v) is 4.06. The summed E-state index contributed by atoms with van der Waals surface area (Å²) in [5.74, 6) is 0.854. The quantitative estimate of drug-likeness (QED) is 0.437. The highest BCUT2D eigenvalue weighted by molar-refractivity contribution is 6.21. The Morgan fingerprint density at radius 3 is 2.39 bits per heavy atom. The van der Waals surface area contributed by atoms with Gasteiger partial charge in [0.15, 0.2) is 11.5 Å². The zero-order valence-electron chi connectivity index (χ0n) is 17.8. The Hall–Kier alpha value is -3.61. The van der Waals surface area contributed by atoms with Crippen LogP contribution >= 0.6 is 0 Å². The van der Waals surface area contributed by atoms with E-state index in [4.69, 9.17) is 9.47 Å². The summed E-state index contributed by atoms with van der Waals surface area (Å²) in [6.45, 7) is 2.57. The first-order chi connectivity index (χ1) is 15.1. The molecule has 7 heteroatoms. The SMILES string of the molecule is COc1cc(NCCCC(C)N2C(=O)c3ccccc3C2=O)c2ncccc2c1OC. The second-order valence-corrected chi connectivity index (χ2v) is 7.50. The minimum atomic E-state index is -0.212. The molecule has 0 radical (unpaired) electrons. The number of hydrogen-bond donors (Lipinski definition) is 1. The number of benzene rings is 2. The molecule has 1 aliphatic heterocycles. The molecule has 0 saturated carbocycles. The van der Waals surface area contributed by atoms with E-state index in [1.54, 1.807) is 44.7 Å². The summed E-state index contributed by atoms with van der Waals surface area (Å²) in [6, 6.07) is 12.5. The average molecular weight is 419 g/mol. The Kier molecular flexibility index (Phi) is 5.75. The number of nitrogens with one attached hydrogen (secondary N) is 1. The van der Waals surface area contributed by atoms with E-state index in [2.05, 4.69) is 10.3 Å². The summed E-state index contributed by atoms with van der Waals surface area (Å²) < 4.78 is 11.0. The number of ether oxygens (including phenoxy) is 2. The molecule has 0 bridgehead atoms. The number of anilines is 1. The highest BCUT2D eigenvalue weighted by Crippen LogP contribution is 2.39. The van der Waals surface area contributed by atoms with Gasteiger partial charge in [0, 0.05) is 30.2 Å². The summed E-state index contributed by atoms with van der Waals surface area (Å²) in [4.78, 5) is 31.1. The van der Waals surface area contributed by atoms with Gasteiger partial charge in [-0.1, -0.05) is 12.1 Å². The minimum Gasteiger partial charge on any atom is -0.493 e. The number of methoxy groups -OCH3 is 2. The molecule has 2 heterocycles. The van der Waals surface area contributed by atoms with E-state index in [9.17, 15) is 9.59 Å². The predicted octanol–water partition coefficient (Wildman–Crippen LogP) is 4.13. The van der Waals surface area contributed by atoms with E-state index in [0.29, 0.717) is 35.6 Å². The van der Waals surface area contributed by atoms with Crippen molar-refractivity contribution in [2.45, 2.75) is 25.8 Å². The number of nitrogens with zero attached hydrogens (tertiary/aromatic N) is 2. The lowest BCUT2D eigenvalue weighted by atomic mass is 10.1. The molecule has 0 aliphatic carbocycles. The number of fused-ring (bicyclic) bond motifs is 2. The molecule has 3 aromatic rings. The van der Waals surface area contributed by atoms with Gasteiger partial charge in [-0.15, -0.1) is 0 Å². The molecular formula is C24H25N3O4. The van der Waals surface area contributed by atoms with Crippen LogP contribution in [0.25, 0.3) is 10.9 Å². The average Bonchev–Trinajstić information content (AvgIpc) is 3.06. The monoisotopic (exact) mass is 419 g/mol. The van der Waals surface area contributed by atoms with Crippen molar-refractivity contribution in [3.63, 3.8) is 0 Å². The number of amides is 2. The molecule has 7 nitrogen and oxygen atoms in total. The first kappa shape index (κ1) is 20.7. The van der Waals surface area contributed by atoms with Gasteiger partial charge in [-0.05, 0) is 44.0 Å². The van der Waals surface area contributed by atoms with Crippen LogP contribution in [0.5, 0.6) is 11.5 Å².